The molecule has 0 spiro atoms. The van der Waals surface area contributed by atoms with Gasteiger partial charge in [0, 0.05) is 30.3 Å². The fourth-order valence-electron chi connectivity index (χ4n) is 5.52. The summed E-state index contributed by atoms with van der Waals surface area (Å²) in [5.74, 6) is -0.337. The van der Waals surface area contributed by atoms with Gasteiger partial charge in [-0.05, 0) is 76.9 Å². The minimum Gasteiger partial charge on any atom is -0.369 e. The van der Waals surface area contributed by atoms with E-state index >= 15 is 0 Å². The highest BCUT2D eigenvalue weighted by atomic mass is 16.2. The number of aryl methyl sites for hydroxylation is 2. The van der Waals surface area contributed by atoms with Gasteiger partial charge in [0.1, 0.15) is 0 Å². The Bertz CT molecular complexity index is 1110. The third-order valence-electron chi connectivity index (χ3n) is 7.39. The van der Waals surface area contributed by atoms with E-state index in [2.05, 4.69) is 11.0 Å². The molecule has 1 saturated heterocycles. The van der Waals surface area contributed by atoms with Crippen LogP contribution < -0.4 is 15.5 Å². The van der Waals surface area contributed by atoms with Crippen molar-refractivity contribution in [2.45, 2.75) is 59.0 Å². The summed E-state index contributed by atoms with van der Waals surface area (Å²) in [6.45, 7) is 9.34. The molecule has 0 unspecified atom stereocenters. The minimum absolute atomic E-state index is 0.00610. The first kappa shape index (κ1) is 24.9. The summed E-state index contributed by atoms with van der Waals surface area (Å²) < 4.78 is 0. The number of carbonyl (C=O) groups is 3. The average Bonchev–Trinajstić information content (AvgIpc) is 2.81. The fourth-order valence-corrected chi connectivity index (χ4v) is 5.52. The lowest BCUT2D eigenvalue weighted by Crippen LogP contribution is -2.50. The molecule has 0 saturated carbocycles. The average molecular weight is 477 g/mol. The van der Waals surface area contributed by atoms with Crippen LogP contribution in [0, 0.1) is 19.8 Å². The highest BCUT2D eigenvalue weighted by Crippen LogP contribution is 2.43. The van der Waals surface area contributed by atoms with Gasteiger partial charge in [-0.25, -0.2) is 0 Å². The van der Waals surface area contributed by atoms with E-state index in [1.54, 1.807) is 6.92 Å². The molecule has 186 valence electrons. The number of fused-ring (bicyclic) bond motifs is 1. The molecule has 1 fully saturated rings. The van der Waals surface area contributed by atoms with Crippen molar-refractivity contribution in [1.82, 2.24) is 4.90 Å². The standard InChI is InChI=1S/C28H36N4O3/c1-18-5-8-23(9-6-18)32(27(34)17-30-13-11-22(12-14-30)28(29)35)26-16-20(3)31(21(4)33)25-10-7-19(2)15-24(25)26/h5-10,15,20,22,26H,11-14,16-17H2,1-4H3,(H2,29,35)/t20-,26+/m1/s1. The molecule has 2 aromatic carbocycles. The first-order valence-electron chi connectivity index (χ1n) is 12.5. The molecule has 4 rings (SSSR count). The maximum absolute atomic E-state index is 13.9. The molecule has 35 heavy (non-hydrogen) atoms. The van der Waals surface area contributed by atoms with Crippen molar-refractivity contribution in [3.63, 3.8) is 0 Å². The number of nitrogens with two attached hydrogens (primary N) is 1. The number of primary amides is 1. The first-order chi connectivity index (χ1) is 16.7. The lowest BCUT2D eigenvalue weighted by molar-refractivity contribution is -0.123. The summed E-state index contributed by atoms with van der Waals surface area (Å²) in [6, 6.07) is 14.0. The number of hydrogen-bond acceptors (Lipinski definition) is 4. The molecule has 2 heterocycles. The van der Waals surface area contributed by atoms with Crippen LogP contribution >= 0.6 is 0 Å². The van der Waals surface area contributed by atoms with Crippen molar-refractivity contribution in [2.24, 2.45) is 11.7 Å². The molecule has 2 aliphatic heterocycles. The molecule has 2 aliphatic rings. The molecule has 0 bridgehead atoms. The highest BCUT2D eigenvalue weighted by Gasteiger charge is 2.38. The predicted octanol–water partition coefficient (Wildman–Crippen LogP) is 3.72. The van der Waals surface area contributed by atoms with Gasteiger partial charge in [0.15, 0.2) is 0 Å². The molecule has 2 aromatic rings. The molecular weight excluding hydrogens is 440 g/mol. The Labute approximate surface area is 207 Å². The fraction of sp³-hybridized carbons (Fsp3) is 0.464. The SMILES string of the molecule is CC(=O)N1c2ccc(C)cc2[C@@H](N(C(=O)CN2CCC(C(N)=O)CC2)c2ccc(C)cc2)C[C@H]1C. The van der Waals surface area contributed by atoms with Gasteiger partial charge in [-0.1, -0.05) is 35.4 Å². The maximum Gasteiger partial charge on any atom is 0.241 e. The quantitative estimate of drug-likeness (QED) is 0.713. The molecule has 2 atom stereocenters. The Morgan fingerprint density at radius 1 is 1.00 bits per heavy atom. The summed E-state index contributed by atoms with van der Waals surface area (Å²) in [5.41, 5.74) is 10.4. The van der Waals surface area contributed by atoms with Crippen LogP contribution in [0.15, 0.2) is 42.5 Å². The minimum atomic E-state index is -0.254. The Hall–Kier alpha value is -3.19. The largest absolute Gasteiger partial charge is 0.369 e. The van der Waals surface area contributed by atoms with Crippen LogP contribution in [0.1, 0.15) is 55.8 Å². The lowest BCUT2D eigenvalue weighted by atomic mass is 9.88. The van der Waals surface area contributed by atoms with Crippen molar-refractivity contribution >= 4 is 29.1 Å². The normalized spacial score (nSPS) is 20.9. The predicted molar refractivity (Wildman–Crippen MR) is 138 cm³/mol. The van der Waals surface area contributed by atoms with Crippen molar-refractivity contribution in [2.75, 3.05) is 29.4 Å². The zero-order valence-electron chi connectivity index (χ0n) is 21.2. The number of carbonyl (C=O) groups excluding carboxylic acids is 3. The monoisotopic (exact) mass is 476 g/mol. The van der Waals surface area contributed by atoms with E-state index in [-0.39, 0.29) is 42.3 Å². The molecule has 0 aliphatic carbocycles. The number of rotatable bonds is 5. The highest BCUT2D eigenvalue weighted by molar-refractivity contribution is 5.98. The van der Waals surface area contributed by atoms with Gasteiger partial charge in [0.25, 0.3) is 0 Å². The third kappa shape index (κ3) is 5.25. The zero-order valence-corrected chi connectivity index (χ0v) is 21.2. The Balaban J connectivity index is 1.69. The van der Waals surface area contributed by atoms with Crippen LogP contribution in [-0.4, -0.2) is 48.3 Å². The second-order valence-corrected chi connectivity index (χ2v) is 10.1. The summed E-state index contributed by atoms with van der Waals surface area (Å²) in [6.07, 6.45) is 2.02. The summed E-state index contributed by atoms with van der Waals surface area (Å²) in [5, 5.41) is 0. The van der Waals surface area contributed by atoms with Crippen LogP contribution in [0.2, 0.25) is 0 Å². The van der Waals surface area contributed by atoms with E-state index in [1.165, 1.54) is 0 Å². The molecule has 3 amide bonds. The van der Waals surface area contributed by atoms with Gasteiger partial charge in [-0.2, -0.15) is 0 Å². The summed E-state index contributed by atoms with van der Waals surface area (Å²) in [7, 11) is 0. The van der Waals surface area contributed by atoms with Gasteiger partial charge in [-0.3, -0.25) is 19.3 Å². The number of amides is 3. The third-order valence-corrected chi connectivity index (χ3v) is 7.39. The van der Waals surface area contributed by atoms with Gasteiger partial charge >= 0.3 is 0 Å². The molecule has 7 nitrogen and oxygen atoms in total. The Morgan fingerprint density at radius 3 is 2.23 bits per heavy atom. The lowest BCUT2D eigenvalue weighted by Gasteiger charge is -2.44. The van der Waals surface area contributed by atoms with Crippen molar-refractivity contribution in [3.8, 4) is 0 Å². The van der Waals surface area contributed by atoms with Crippen molar-refractivity contribution in [3.05, 3.63) is 59.2 Å². The zero-order chi connectivity index (χ0) is 25.3. The number of anilines is 2. The number of benzene rings is 2. The molecule has 7 heteroatoms. The van der Waals surface area contributed by atoms with Crippen LogP contribution in [0.4, 0.5) is 11.4 Å². The smallest absolute Gasteiger partial charge is 0.241 e. The van der Waals surface area contributed by atoms with E-state index in [0.29, 0.717) is 32.4 Å². The second kappa shape index (κ2) is 10.2. The molecule has 2 N–H and O–H groups in total. The van der Waals surface area contributed by atoms with E-state index in [9.17, 15) is 14.4 Å². The van der Waals surface area contributed by atoms with E-state index in [1.807, 2.05) is 67.0 Å². The number of nitrogens with zero attached hydrogens (tertiary/aromatic N) is 3. The van der Waals surface area contributed by atoms with Crippen molar-refractivity contribution in [1.29, 1.82) is 0 Å². The molecule has 0 radical (unpaired) electrons. The summed E-state index contributed by atoms with van der Waals surface area (Å²) >= 11 is 0. The number of likely N-dealkylation sites (tertiary alicyclic amines) is 1. The second-order valence-electron chi connectivity index (χ2n) is 10.1. The van der Waals surface area contributed by atoms with Crippen LogP contribution in [0.5, 0.6) is 0 Å². The van der Waals surface area contributed by atoms with E-state index in [0.717, 1.165) is 28.1 Å². The van der Waals surface area contributed by atoms with E-state index < -0.39 is 0 Å². The Morgan fingerprint density at radius 2 is 1.63 bits per heavy atom. The van der Waals surface area contributed by atoms with E-state index in [4.69, 9.17) is 5.73 Å². The Kier molecular flexibility index (Phi) is 7.26. The molecule has 0 aromatic heterocycles. The van der Waals surface area contributed by atoms with Gasteiger partial charge in [0.05, 0.1) is 12.6 Å². The summed E-state index contributed by atoms with van der Waals surface area (Å²) in [4.78, 5) is 43.9. The first-order valence-corrected chi connectivity index (χ1v) is 12.5. The van der Waals surface area contributed by atoms with Crippen LogP contribution in [0.25, 0.3) is 0 Å². The number of hydrogen-bond donors (Lipinski definition) is 1. The van der Waals surface area contributed by atoms with Gasteiger partial charge in [-0.15, -0.1) is 0 Å². The van der Waals surface area contributed by atoms with Crippen LogP contribution in [0.3, 0.4) is 0 Å². The van der Waals surface area contributed by atoms with Gasteiger partial charge < -0.3 is 15.5 Å². The maximum atomic E-state index is 13.9. The number of piperidine rings is 1. The van der Waals surface area contributed by atoms with Crippen LogP contribution in [-0.2, 0) is 14.4 Å². The van der Waals surface area contributed by atoms with Gasteiger partial charge in [0.2, 0.25) is 17.7 Å². The van der Waals surface area contributed by atoms with Crippen molar-refractivity contribution < 1.29 is 14.4 Å². The topological polar surface area (TPSA) is 87.0 Å². The molecular formula is C28H36N4O3.